The van der Waals surface area contributed by atoms with Gasteiger partial charge in [0.05, 0.1) is 0 Å². The molecule has 2 aliphatic carbocycles. The lowest BCUT2D eigenvalue weighted by molar-refractivity contribution is 0.208. The van der Waals surface area contributed by atoms with Crippen LogP contribution in [0.1, 0.15) is 44.9 Å². The minimum absolute atomic E-state index is 0. The van der Waals surface area contributed by atoms with Gasteiger partial charge in [-0.3, -0.25) is 0 Å². The lowest BCUT2D eigenvalue weighted by Gasteiger charge is -2.27. The van der Waals surface area contributed by atoms with E-state index in [-0.39, 0.29) is 12.4 Å². The van der Waals surface area contributed by atoms with E-state index in [2.05, 4.69) is 11.9 Å². The molecular formula is C13H27ClN2. The Morgan fingerprint density at radius 1 is 1.19 bits per heavy atom. The summed E-state index contributed by atoms with van der Waals surface area (Å²) < 4.78 is 0. The Bertz CT molecular complexity index is 188. The van der Waals surface area contributed by atoms with Gasteiger partial charge in [-0.1, -0.05) is 25.7 Å². The van der Waals surface area contributed by atoms with Crippen LogP contribution in [-0.2, 0) is 0 Å². The second-order valence-corrected chi connectivity index (χ2v) is 5.56. The second-order valence-electron chi connectivity index (χ2n) is 5.56. The molecule has 3 heteroatoms. The summed E-state index contributed by atoms with van der Waals surface area (Å²) in [6.45, 7) is 2.12. The maximum Gasteiger partial charge on any atom is 0.0243 e. The Kier molecular flexibility index (Phi) is 6.09. The van der Waals surface area contributed by atoms with Gasteiger partial charge in [0.1, 0.15) is 0 Å². The second kappa shape index (κ2) is 6.83. The number of nitrogens with zero attached hydrogens (tertiary/aromatic N) is 1. The van der Waals surface area contributed by atoms with E-state index in [1.54, 1.807) is 0 Å². The minimum Gasteiger partial charge on any atom is -0.329 e. The smallest absolute Gasteiger partial charge is 0.0243 e. The van der Waals surface area contributed by atoms with Crippen LogP contribution in [0.3, 0.4) is 0 Å². The summed E-state index contributed by atoms with van der Waals surface area (Å²) in [5, 5.41) is 0. The maximum absolute atomic E-state index is 5.86. The van der Waals surface area contributed by atoms with Crippen LogP contribution < -0.4 is 5.73 Å². The molecule has 1 unspecified atom stereocenters. The summed E-state index contributed by atoms with van der Waals surface area (Å²) in [6, 6.07) is 0.673. The summed E-state index contributed by atoms with van der Waals surface area (Å²) in [5.41, 5.74) is 5.86. The fourth-order valence-corrected chi connectivity index (χ4v) is 3.06. The maximum atomic E-state index is 5.86. The topological polar surface area (TPSA) is 29.3 Å². The lowest BCUT2D eigenvalue weighted by Crippen LogP contribution is -2.40. The Morgan fingerprint density at radius 3 is 2.31 bits per heavy atom. The van der Waals surface area contributed by atoms with Crippen molar-refractivity contribution in [1.29, 1.82) is 0 Å². The predicted molar refractivity (Wildman–Crippen MR) is 72.0 cm³/mol. The fourth-order valence-electron chi connectivity index (χ4n) is 3.06. The van der Waals surface area contributed by atoms with Crippen molar-refractivity contribution in [3.63, 3.8) is 0 Å². The first kappa shape index (κ1) is 14.3. The van der Waals surface area contributed by atoms with Crippen LogP contribution in [-0.4, -0.2) is 31.1 Å². The fraction of sp³-hybridized carbons (Fsp3) is 1.00. The van der Waals surface area contributed by atoms with Crippen LogP contribution in [0.4, 0.5) is 0 Å². The number of likely N-dealkylation sites (N-methyl/N-ethyl adjacent to an activating group) is 1. The zero-order valence-electron chi connectivity index (χ0n) is 10.5. The molecular weight excluding hydrogens is 220 g/mol. The van der Waals surface area contributed by atoms with Gasteiger partial charge < -0.3 is 10.6 Å². The molecule has 0 radical (unpaired) electrons. The Morgan fingerprint density at radius 2 is 1.81 bits per heavy atom. The zero-order valence-corrected chi connectivity index (χ0v) is 11.3. The Hall–Kier alpha value is 0.210. The zero-order chi connectivity index (χ0) is 10.7. The van der Waals surface area contributed by atoms with E-state index in [0.29, 0.717) is 6.04 Å². The van der Waals surface area contributed by atoms with Crippen LogP contribution in [0, 0.1) is 11.8 Å². The van der Waals surface area contributed by atoms with Crippen LogP contribution in [0.15, 0.2) is 0 Å². The molecule has 0 amide bonds. The quantitative estimate of drug-likeness (QED) is 0.781. The molecule has 2 nitrogen and oxygen atoms in total. The molecule has 96 valence electrons. The van der Waals surface area contributed by atoms with Gasteiger partial charge in [0.2, 0.25) is 0 Å². The van der Waals surface area contributed by atoms with E-state index >= 15 is 0 Å². The molecule has 0 spiro atoms. The third-order valence-corrected chi connectivity index (χ3v) is 4.34. The first-order valence-electron chi connectivity index (χ1n) is 6.71. The molecule has 2 fully saturated rings. The van der Waals surface area contributed by atoms with E-state index in [0.717, 1.165) is 18.4 Å². The van der Waals surface area contributed by atoms with Gasteiger partial charge in [0.15, 0.2) is 0 Å². The van der Waals surface area contributed by atoms with Crippen molar-refractivity contribution in [2.45, 2.75) is 51.0 Å². The van der Waals surface area contributed by atoms with Gasteiger partial charge in [0.25, 0.3) is 0 Å². The van der Waals surface area contributed by atoms with E-state index in [1.807, 2.05) is 0 Å². The average Bonchev–Trinajstić information content (AvgIpc) is 2.93. The van der Waals surface area contributed by atoms with E-state index in [9.17, 15) is 0 Å². The van der Waals surface area contributed by atoms with Crippen LogP contribution in [0.25, 0.3) is 0 Å². The molecule has 1 atom stereocenters. The Labute approximate surface area is 106 Å². The van der Waals surface area contributed by atoms with Crippen LogP contribution >= 0.6 is 12.4 Å². The molecule has 0 heterocycles. The largest absolute Gasteiger partial charge is 0.329 e. The normalized spacial score (nSPS) is 23.4. The average molecular weight is 247 g/mol. The van der Waals surface area contributed by atoms with Crippen molar-refractivity contribution >= 4 is 12.4 Å². The number of hydrogen-bond donors (Lipinski definition) is 1. The standard InChI is InChI=1S/C13H26N2.ClH/c1-15(13(10-14)12-6-7-12)9-8-11-4-2-3-5-11;/h11-13H,2-10,14H2,1H3;1H. The third kappa shape index (κ3) is 3.90. The molecule has 0 aliphatic heterocycles. The number of nitrogens with two attached hydrogens (primary N) is 1. The summed E-state index contributed by atoms with van der Waals surface area (Å²) in [7, 11) is 2.27. The highest BCUT2D eigenvalue weighted by molar-refractivity contribution is 5.85. The molecule has 2 N–H and O–H groups in total. The first-order valence-corrected chi connectivity index (χ1v) is 6.71. The van der Waals surface area contributed by atoms with Crippen molar-refractivity contribution in [2.24, 2.45) is 17.6 Å². The van der Waals surface area contributed by atoms with Gasteiger partial charge in [-0.05, 0) is 44.7 Å². The van der Waals surface area contributed by atoms with E-state index < -0.39 is 0 Å². The molecule has 2 saturated carbocycles. The van der Waals surface area contributed by atoms with E-state index in [4.69, 9.17) is 5.73 Å². The van der Waals surface area contributed by atoms with Gasteiger partial charge in [-0.25, -0.2) is 0 Å². The molecule has 0 aromatic carbocycles. The summed E-state index contributed by atoms with van der Waals surface area (Å²) in [4.78, 5) is 2.52. The van der Waals surface area contributed by atoms with Crippen molar-refractivity contribution in [3.05, 3.63) is 0 Å². The summed E-state index contributed by atoms with van der Waals surface area (Å²) >= 11 is 0. The highest BCUT2D eigenvalue weighted by Crippen LogP contribution is 2.35. The minimum atomic E-state index is 0. The van der Waals surface area contributed by atoms with Gasteiger partial charge in [-0.2, -0.15) is 0 Å². The van der Waals surface area contributed by atoms with E-state index in [1.165, 1.54) is 51.5 Å². The van der Waals surface area contributed by atoms with Crippen molar-refractivity contribution in [3.8, 4) is 0 Å². The first-order chi connectivity index (χ1) is 7.31. The van der Waals surface area contributed by atoms with Crippen LogP contribution in [0.5, 0.6) is 0 Å². The van der Waals surface area contributed by atoms with Gasteiger partial charge in [0, 0.05) is 12.6 Å². The monoisotopic (exact) mass is 246 g/mol. The van der Waals surface area contributed by atoms with Gasteiger partial charge in [-0.15, -0.1) is 12.4 Å². The molecule has 2 aliphatic rings. The number of halogens is 1. The molecule has 0 bridgehead atoms. The van der Waals surface area contributed by atoms with Crippen molar-refractivity contribution < 1.29 is 0 Å². The third-order valence-electron chi connectivity index (χ3n) is 4.34. The SMILES string of the molecule is CN(CCC1CCCC1)C(CN)C1CC1.Cl. The van der Waals surface area contributed by atoms with Gasteiger partial charge >= 0.3 is 0 Å². The molecule has 2 rings (SSSR count). The molecule has 0 aromatic heterocycles. The Balaban J connectivity index is 0.00000128. The number of rotatable bonds is 6. The highest BCUT2D eigenvalue weighted by Gasteiger charge is 2.32. The lowest BCUT2D eigenvalue weighted by atomic mass is 10.0. The highest BCUT2D eigenvalue weighted by atomic mass is 35.5. The molecule has 16 heavy (non-hydrogen) atoms. The summed E-state index contributed by atoms with van der Waals surface area (Å²) in [6.07, 6.45) is 10.1. The predicted octanol–water partition coefficient (Wildman–Crippen LogP) is 2.66. The summed E-state index contributed by atoms with van der Waals surface area (Å²) in [5.74, 6) is 1.94. The van der Waals surface area contributed by atoms with Crippen molar-refractivity contribution in [1.82, 2.24) is 4.90 Å². The molecule has 0 saturated heterocycles. The number of hydrogen-bond acceptors (Lipinski definition) is 2. The molecule has 0 aromatic rings. The van der Waals surface area contributed by atoms with Crippen LogP contribution in [0.2, 0.25) is 0 Å². The van der Waals surface area contributed by atoms with Crippen molar-refractivity contribution in [2.75, 3.05) is 20.1 Å².